The third-order valence-electron chi connectivity index (χ3n) is 7.46. The van der Waals surface area contributed by atoms with Crippen LogP contribution in [0.3, 0.4) is 0 Å². The Kier molecular flexibility index (Phi) is 8.09. The van der Waals surface area contributed by atoms with Crippen LogP contribution in [0, 0.1) is 0 Å². The molecular formula is C31H36BrNO4Si. The Morgan fingerprint density at radius 2 is 1.50 bits per heavy atom. The van der Waals surface area contributed by atoms with Crippen LogP contribution in [0.4, 0.5) is 5.69 Å². The lowest BCUT2D eigenvalue weighted by Gasteiger charge is -2.36. The lowest BCUT2D eigenvalue weighted by atomic mass is 9.93. The standard InChI is InChI=1S/C31H36BrNO4Si/c1-31(2,3)38(6,7)37-24-14-12-23(13-15-24)33(30(34)22-9-8-10-25(20-22)35-4)29-27-17-16-26(36-5)19-21(27)11-18-28(29)32/h8-10,12-17,19-20H,11,18H2,1-7H3. The summed E-state index contributed by atoms with van der Waals surface area (Å²) in [4.78, 5) is 16.0. The molecular weight excluding hydrogens is 558 g/mol. The SMILES string of the molecule is COc1cccc(C(=O)N(C2=C(Br)CCc3cc(OC)ccc32)c2ccc(O[Si](C)(C)C(C)(C)C)cc2)c1. The van der Waals surface area contributed by atoms with Crippen LogP contribution in [0.5, 0.6) is 17.2 Å². The summed E-state index contributed by atoms with van der Waals surface area (Å²) >= 11 is 3.81. The summed E-state index contributed by atoms with van der Waals surface area (Å²) < 4.78 is 18.4. The molecule has 0 N–H and O–H groups in total. The van der Waals surface area contributed by atoms with Crippen molar-refractivity contribution in [3.8, 4) is 17.2 Å². The van der Waals surface area contributed by atoms with Gasteiger partial charge >= 0.3 is 0 Å². The number of hydrogen-bond donors (Lipinski definition) is 0. The summed E-state index contributed by atoms with van der Waals surface area (Å²) in [6, 6.07) is 21.2. The first-order valence-electron chi connectivity index (χ1n) is 12.8. The molecule has 5 nitrogen and oxygen atoms in total. The van der Waals surface area contributed by atoms with E-state index in [2.05, 4.69) is 55.9 Å². The molecule has 200 valence electrons. The van der Waals surface area contributed by atoms with Crippen LogP contribution in [-0.4, -0.2) is 28.4 Å². The predicted octanol–water partition coefficient (Wildman–Crippen LogP) is 8.44. The van der Waals surface area contributed by atoms with Gasteiger partial charge in [0, 0.05) is 21.3 Å². The molecule has 0 fully saturated rings. The smallest absolute Gasteiger partial charge is 0.263 e. The van der Waals surface area contributed by atoms with Crippen molar-refractivity contribution in [3.05, 3.63) is 87.9 Å². The van der Waals surface area contributed by atoms with E-state index >= 15 is 0 Å². The number of allylic oxidation sites excluding steroid dienone is 1. The number of hydrogen-bond acceptors (Lipinski definition) is 4. The van der Waals surface area contributed by atoms with Gasteiger partial charge in [-0.2, -0.15) is 0 Å². The van der Waals surface area contributed by atoms with Gasteiger partial charge in [0.25, 0.3) is 5.91 Å². The van der Waals surface area contributed by atoms with Crippen molar-refractivity contribution in [2.45, 2.75) is 51.7 Å². The molecule has 0 bridgehead atoms. The number of nitrogens with zero attached hydrogens (tertiary/aromatic N) is 1. The molecule has 3 aromatic carbocycles. The number of rotatable bonds is 7. The van der Waals surface area contributed by atoms with Crippen LogP contribution >= 0.6 is 15.9 Å². The fourth-order valence-electron chi connectivity index (χ4n) is 4.23. The Morgan fingerprint density at radius 1 is 0.868 bits per heavy atom. The topological polar surface area (TPSA) is 48.0 Å². The number of methoxy groups -OCH3 is 2. The zero-order valence-corrected chi connectivity index (χ0v) is 25.8. The van der Waals surface area contributed by atoms with Crippen molar-refractivity contribution in [1.82, 2.24) is 0 Å². The molecule has 0 spiro atoms. The molecule has 0 unspecified atom stereocenters. The molecule has 1 aliphatic rings. The fraction of sp³-hybridized carbons (Fsp3) is 0.323. The lowest BCUT2D eigenvalue weighted by molar-refractivity contribution is 0.0999. The van der Waals surface area contributed by atoms with E-state index in [1.54, 1.807) is 25.2 Å². The van der Waals surface area contributed by atoms with Gasteiger partial charge in [0.05, 0.1) is 19.9 Å². The molecule has 0 saturated carbocycles. The number of aryl methyl sites for hydroxylation is 1. The summed E-state index contributed by atoms with van der Waals surface area (Å²) in [5.74, 6) is 2.11. The second-order valence-corrected chi connectivity index (χ2v) is 16.7. The van der Waals surface area contributed by atoms with E-state index in [-0.39, 0.29) is 10.9 Å². The number of carbonyl (C=O) groups is 1. The number of ether oxygens (including phenoxy) is 2. The number of amides is 1. The van der Waals surface area contributed by atoms with E-state index in [9.17, 15) is 4.79 Å². The third-order valence-corrected chi connectivity index (χ3v) is 12.6. The molecule has 1 amide bonds. The number of carbonyl (C=O) groups excluding carboxylic acids is 1. The van der Waals surface area contributed by atoms with E-state index in [4.69, 9.17) is 13.9 Å². The Hall–Kier alpha value is -3.03. The molecule has 0 aromatic heterocycles. The van der Waals surface area contributed by atoms with Crippen molar-refractivity contribution < 1.29 is 18.7 Å². The first kappa shape index (κ1) is 28.0. The maximum Gasteiger partial charge on any atom is 0.263 e. The average Bonchev–Trinajstić information content (AvgIpc) is 2.89. The number of anilines is 1. The number of benzene rings is 3. The van der Waals surface area contributed by atoms with Crippen LogP contribution in [0.2, 0.25) is 18.1 Å². The molecule has 4 rings (SSSR count). The molecule has 7 heteroatoms. The van der Waals surface area contributed by atoms with Gasteiger partial charge in [0.15, 0.2) is 0 Å². The minimum absolute atomic E-state index is 0.0859. The Balaban J connectivity index is 1.82. The molecule has 0 atom stereocenters. The van der Waals surface area contributed by atoms with Crippen LogP contribution in [-0.2, 0) is 6.42 Å². The van der Waals surface area contributed by atoms with Gasteiger partial charge in [-0.25, -0.2) is 0 Å². The maximum atomic E-state index is 14.2. The Bertz CT molecular complexity index is 1360. The summed E-state index contributed by atoms with van der Waals surface area (Å²) in [6.07, 6.45) is 1.64. The maximum absolute atomic E-state index is 14.2. The van der Waals surface area contributed by atoms with Crippen LogP contribution in [0.25, 0.3) is 5.70 Å². The highest BCUT2D eigenvalue weighted by Gasteiger charge is 2.39. The summed E-state index contributed by atoms with van der Waals surface area (Å²) in [7, 11) is 1.28. The first-order valence-corrected chi connectivity index (χ1v) is 16.5. The minimum Gasteiger partial charge on any atom is -0.544 e. The summed E-state index contributed by atoms with van der Waals surface area (Å²) in [5.41, 5.74) is 4.28. The van der Waals surface area contributed by atoms with Gasteiger partial charge in [-0.3, -0.25) is 9.69 Å². The lowest BCUT2D eigenvalue weighted by Crippen LogP contribution is -2.43. The normalized spacial score (nSPS) is 13.6. The molecule has 0 aliphatic heterocycles. The largest absolute Gasteiger partial charge is 0.544 e. The Labute approximate surface area is 235 Å². The fourth-order valence-corrected chi connectivity index (χ4v) is 5.85. The van der Waals surface area contributed by atoms with Crippen LogP contribution < -0.4 is 18.8 Å². The van der Waals surface area contributed by atoms with Crippen molar-refractivity contribution >= 4 is 41.5 Å². The average molecular weight is 595 g/mol. The zero-order chi connectivity index (χ0) is 27.7. The van der Waals surface area contributed by atoms with Gasteiger partial charge < -0.3 is 13.9 Å². The monoisotopic (exact) mass is 593 g/mol. The molecule has 1 aliphatic carbocycles. The summed E-state index contributed by atoms with van der Waals surface area (Å²) in [6.45, 7) is 11.1. The van der Waals surface area contributed by atoms with Gasteiger partial charge in [0.1, 0.15) is 17.2 Å². The van der Waals surface area contributed by atoms with Crippen molar-refractivity contribution in [3.63, 3.8) is 0 Å². The molecule has 0 radical (unpaired) electrons. The predicted molar refractivity (Wildman–Crippen MR) is 161 cm³/mol. The van der Waals surface area contributed by atoms with E-state index in [0.29, 0.717) is 11.3 Å². The van der Waals surface area contributed by atoms with E-state index < -0.39 is 8.32 Å². The van der Waals surface area contributed by atoms with E-state index in [1.807, 2.05) is 54.6 Å². The van der Waals surface area contributed by atoms with Crippen molar-refractivity contribution in [2.75, 3.05) is 19.1 Å². The number of fused-ring (bicyclic) bond motifs is 1. The second-order valence-electron chi connectivity index (χ2n) is 11.0. The highest BCUT2D eigenvalue weighted by Crippen LogP contribution is 2.42. The van der Waals surface area contributed by atoms with Gasteiger partial charge in [-0.1, -0.05) is 42.8 Å². The Morgan fingerprint density at radius 3 is 2.13 bits per heavy atom. The first-order chi connectivity index (χ1) is 17.9. The third kappa shape index (κ3) is 5.69. The zero-order valence-electron chi connectivity index (χ0n) is 23.2. The van der Waals surface area contributed by atoms with E-state index in [1.165, 1.54) is 0 Å². The van der Waals surface area contributed by atoms with Gasteiger partial charge in [-0.15, -0.1) is 0 Å². The second kappa shape index (κ2) is 11.0. The quantitative estimate of drug-likeness (QED) is 0.258. The molecule has 38 heavy (non-hydrogen) atoms. The van der Waals surface area contributed by atoms with Crippen LogP contribution in [0.15, 0.2) is 71.2 Å². The van der Waals surface area contributed by atoms with Crippen molar-refractivity contribution in [1.29, 1.82) is 0 Å². The van der Waals surface area contributed by atoms with Crippen LogP contribution in [0.1, 0.15) is 48.7 Å². The molecule has 0 saturated heterocycles. The van der Waals surface area contributed by atoms with Gasteiger partial charge in [-0.05, 0) is 97.2 Å². The molecule has 0 heterocycles. The van der Waals surface area contributed by atoms with E-state index in [0.717, 1.165) is 51.3 Å². The van der Waals surface area contributed by atoms with Gasteiger partial charge in [0.2, 0.25) is 8.32 Å². The highest BCUT2D eigenvalue weighted by molar-refractivity contribution is 9.11. The number of halogens is 1. The minimum atomic E-state index is -2.00. The molecule has 3 aromatic rings. The van der Waals surface area contributed by atoms with Crippen molar-refractivity contribution in [2.24, 2.45) is 0 Å². The summed E-state index contributed by atoms with van der Waals surface area (Å²) in [5, 5.41) is 0.0859. The highest BCUT2D eigenvalue weighted by atomic mass is 79.9.